The van der Waals surface area contributed by atoms with Gasteiger partial charge in [-0.25, -0.2) is 13.6 Å². The number of sulfonamides is 1. The van der Waals surface area contributed by atoms with Crippen LogP contribution >= 0.6 is 23.2 Å². The molecule has 0 atom stereocenters. The van der Waals surface area contributed by atoms with Crippen LogP contribution in [0.25, 0.3) is 0 Å². The van der Waals surface area contributed by atoms with Crippen molar-refractivity contribution in [2.45, 2.75) is 6.54 Å². The van der Waals surface area contributed by atoms with Crippen molar-refractivity contribution in [1.29, 1.82) is 0 Å². The molecule has 0 aromatic heterocycles. The third-order valence-electron chi connectivity index (χ3n) is 1.89. The lowest BCUT2D eigenvalue weighted by molar-refractivity contribution is 0.592. The Bertz CT molecular complexity index is 463. The van der Waals surface area contributed by atoms with Crippen molar-refractivity contribution in [2.24, 2.45) is 5.14 Å². The SMILES string of the molecule is NS(=O)(=O)CCNCc1cc(Cl)ccc1Cl. The number of nitrogens with two attached hydrogens (primary N) is 1. The summed E-state index contributed by atoms with van der Waals surface area (Å²) in [4.78, 5) is 0. The fourth-order valence-corrected chi connectivity index (χ4v) is 1.92. The van der Waals surface area contributed by atoms with Crippen molar-refractivity contribution in [3.05, 3.63) is 33.8 Å². The second-order valence-corrected chi connectivity index (χ2v) is 5.86. The van der Waals surface area contributed by atoms with Gasteiger partial charge in [0, 0.05) is 23.1 Å². The van der Waals surface area contributed by atoms with Crippen molar-refractivity contribution >= 4 is 33.2 Å². The maximum atomic E-state index is 10.7. The molecule has 1 aromatic rings. The predicted molar refractivity (Wildman–Crippen MR) is 66.1 cm³/mol. The summed E-state index contributed by atoms with van der Waals surface area (Å²) >= 11 is 11.7. The summed E-state index contributed by atoms with van der Waals surface area (Å²) in [7, 11) is -3.42. The van der Waals surface area contributed by atoms with Gasteiger partial charge in [-0.05, 0) is 23.8 Å². The molecule has 7 heteroatoms. The smallest absolute Gasteiger partial charge is 0.210 e. The highest BCUT2D eigenvalue weighted by Gasteiger charge is 2.03. The van der Waals surface area contributed by atoms with Crippen LogP contribution in [0.3, 0.4) is 0 Å². The van der Waals surface area contributed by atoms with Gasteiger partial charge in [0.25, 0.3) is 0 Å². The van der Waals surface area contributed by atoms with Gasteiger partial charge < -0.3 is 5.32 Å². The zero-order valence-electron chi connectivity index (χ0n) is 8.41. The van der Waals surface area contributed by atoms with Crippen LogP contribution in [0.1, 0.15) is 5.56 Å². The number of hydrogen-bond donors (Lipinski definition) is 2. The second-order valence-electron chi connectivity index (χ2n) is 3.28. The highest BCUT2D eigenvalue weighted by atomic mass is 35.5. The Hall–Kier alpha value is -0.330. The lowest BCUT2D eigenvalue weighted by atomic mass is 10.2. The van der Waals surface area contributed by atoms with Gasteiger partial charge in [-0.2, -0.15) is 0 Å². The van der Waals surface area contributed by atoms with E-state index in [9.17, 15) is 8.42 Å². The predicted octanol–water partition coefficient (Wildman–Crippen LogP) is 1.37. The first kappa shape index (κ1) is 13.7. The molecule has 0 bridgehead atoms. The molecule has 4 nitrogen and oxygen atoms in total. The van der Waals surface area contributed by atoms with Crippen LogP contribution in [0.5, 0.6) is 0 Å². The summed E-state index contributed by atoms with van der Waals surface area (Å²) in [6.45, 7) is 0.733. The molecule has 0 saturated heterocycles. The Morgan fingerprint density at radius 1 is 1.31 bits per heavy atom. The first-order chi connectivity index (χ1) is 7.38. The van der Waals surface area contributed by atoms with Crippen LogP contribution in [0.15, 0.2) is 18.2 Å². The van der Waals surface area contributed by atoms with E-state index in [1.165, 1.54) is 0 Å². The van der Waals surface area contributed by atoms with Gasteiger partial charge in [-0.3, -0.25) is 0 Å². The molecular formula is C9H12Cl2N2O2S. The Labute approximate surface area is 105 Å². The van der Waals surface area contributed by atoms with E-state index >= 15 is 0 Å². The average molecular weight is 283 g/mol. The molecule has 1 aromatic carbocycles. The van der Waals surface area contributed by atoms with Gasteiger partial charge in [0.1, 0.15) is 0 Å². The quantitative estimate of drug-likeness (QED) is 0.802. The van der Waals surface area contributed by atoms with Crippen molar-refractivity contribution < 1.29 is 8.42 Å². The van der Waals surface area contributed by atoms with E-state index in [4.69, 9.17) is 28.3 Å². The van der Waals surface area contributed by atoms with Crippen molar-refractivity contribution in [3.8, 4) is 0 Å². The lowest BCUT2D eigenvalue weighted by Gasteiger charge is -2.06. The van der Waals surface area contributed by atoms with E-state index in [2.05, 4.69) is 5.32 Å². The molecule has 1 rings (SSSR count). The van der Waals surface area contributed by atoms with E-state index in [1.807, 2.05) is 0 Å². The maximum absolute atomic E-state index is 10.7. The molecule has 0 heterocycles. The minimum absolute atomic E-state index is 0.106. The molecule has 0 fully saturated rings. The molecule has 0 aliphatic rings. The summed E-state index contributed by atoms with van der Waals surface area (Å²) in [5, 5.41) is 8.96. The Balaban J connectivity index is 2.46. The van der Waals surface area contributed by atoms with E-state index < -0.39 is 10.0 Å². The Morgan fingerprint density at radius 2 is 2.00 bits per heavy atom. The third-order valence-corrected chi connectivity index (χ3v) is 3.26. The summed E-state index contributed by atoms with van der Waals surface area (Å²) in [6, 6.07) is 5.12. The van der Waals surface area contributed by atoms with Gasteiger partial charge in [0.15, 0.2) is 0 Å². The van der Waals surface area contributed by atoms with Gasteiger partial charge in [-0.15, -0.1) is 0 Å². The zero-order chi connectivity index (χ0) is 12.2. The van der Waals surface area contributed by atoms with Crippen molar-refractivity contribution in [1.82, 2.24) is 5.32 Å². The van der Waals surface area contributed by atoms with Crippen LogP contribution in [-0.4, -0.2) is 20.7 Å². The first-order valence-corrected chi connectivity index (χ1v) is 7.01. The van der Waals surface area contributed by atoms with Crippen molar-refractivity contribution in [2.75, 3.05) is 12.3 Å². The normalized spacial score (nSPS) is 11.7. The molecule has 0 spiro atoms. The molecule has 3 N–H and O–H groups in total. The number of rotatable bonds is 5. The summed E-state index contributed by atoms with van der Waals surface area (Å²) in [5.41, 5.74) is 0.823. The van der Waals surface area contributed by atoms with Crippen LogP contribution in [0.2, 0.25) is 10.0 Å². The number of primary sulfonamides is 1. The highest BCUT2D eigenvalue weighted by Crippen LogP contribution is 2.20. The molecule has 0 radical (unpaired) electrons. The van der Waals surface area contributed by atoms with E-state index in [-0.39, 0.29) is 12.3 Å². The highest BCUT2D eigenvalue weighted by molar-refractivity contribution is 7.89. The fourth-order valence-electron chi connectivity index (χ4n) is 1.12. The number of hydrogen-bond acceptors (Lipinski definition) is 3. The Kier molecular flexibility index (Phi) is 5.01. The standard InChI is InChI=1S/C9H12Cl2N2O2S/c10-8-1-2-9(11)7(5-8)6-13-3-4-16(12,14)15/h1-2,5,13H,3-4,6H2,(H2,12,14,15). The first-order valence-electron chi connectivity index (χ1n) is 4.53. The minimum atomic E-state index is -3.42. The zero-order valence-corrected chi connectivity index (χ0v) is 10.7. The monoisotopic (exact) mass is 282 g/mol. The average Bonchev–Trinajstić information content (AvgIpc) is 2.16. The van der Waals surface area contributed by atoms with Crippen LogP contribution in [0, 0.1) is 0 Å². The van der Waals surface area contributed by atoms with Crippen molar-refractivity contribution in [3.63, 3.8) is 0 Å². The lowest BCUT2D eigenvalue weighted by Crippen LogP contribution is -2.26. The summed E-state index contributed by atoms with van der Waals surface area (Å²) < 4.78 is 21.3. The van der Waals surface area contributed by atoms with Crippen LogP contribution in [0.4, 0.5) is 0 Å². The maximum Gasteiger partial charge on any atom is 0.210 e. The summed E-state index contributed by atoms with van der Waals surface area (Å²) in [5.74, 6) is -0.106. The van der Waals surface area contributed by atoms with Gasteiger partial charge in [0.05, 0.1) is 5.75 Å². The molecule has 0 saturated carbocycles. The topological polar surface area (TPSA) is 72.2 Å². The number of halogens is 2. The number of nitrogens with one attached hydrogen (secondary N) is 1. The van der Waals surface area contributed by atoms with Crippen LogP contribution < -0.4 is 10.5 Å². The molecular weight excluding hydrogens is 271 g/mol. The second kappa shape index (κ2) is 5.84. The van der Waals surface area contributed by atoms with Gasteiger partial charge in [-0.1, -0.05) is 23.2 Å². The molecule has 0 amide bonds. The van der Waals surface area contributed by atoms with E-state index in [0.29, 0.717) is 16.6 Å². The third kappa shape index (κ3) is 5.14. The molecule has 0 aliphatic carbocycles. The van der Waals surface area contributed by atoms with Crippen LogP contribution in [-0.2, 0) is 16.6 Å². The fraction of sp³-hybridized carbons (Fsp3) is 0.333. The summed E-state index contributed by atoms with van der Waals surface area (Å²) in [6.07, 6.45) is 0. The molecule has 90 valence electrons. The number of benzene rings is 1. The Morgan fingerprint density at radius 3 is 2.62 bits per heavy atom. The van der Waals surface area contributed by atoms with Gasteiger partial charge >= 0.3 is 0 Å². The minimum Gasteiger partial charge on any atom is -0.312 e. The largest absolute Gasteiger partial charge is 0.312 e. The molecule has 0 unspecified atom stereocenters. The van der Waals surface area contributed by atoms with Gasteiger partial charge in [0.2, 0.25) is 10.0 Å². The van der Waals surface area contributed by atoms with E-state index in [1.54, 1.807) is 18.2 Å². The molecule has 16 heavy (non-hydrogen) atoms. The molecule has 0 aliphatic heterocycles. The van der Waals surface area contributed by atoms with E-state index in [0.717, 1.165) is 5.56 Å².